The van der Waals surface area contributed by atoms with E-state index in [-0.39, 0.29) is 13.0 Å². The lowest BCUT2D eigenvalue weighted by Gasteiger charge is -2.37. The predicted molar refractivity (Wildman–Crippen MR) is 71.1 cm³/mol. The Hall–Kier alpha value is -1.54. The first-order valence-electron chi connectivity index (χ1n) is 6.48. The number of carbonyl (C=O) groups is 1. The van der Waals surface area contributed by atoms with E-state index in [1.54, 1.807) is 13.8 Å². The second-order valence-electron chi connectivity index (χ2n) is 5.50. The van der Waals surface area contributed by atoms with Crippen LogP contribution in [0.3, 0.4) is 0 Å². The molecule has 0 unspecified atom stereocenters. The summed E-state index contributed by atoms with van der Waals surface area (Å²) < 4.78 is 5.35. The van der Waals surface area contributed by atoms with Crippen molar-refractivity contribution in [1.29, 1.82) is 5.26 Å². The summed E-state index contributed by atoms with van der Waals surface area (Å²) in [4.78, 5) is 13.1. The van der Waals surface area contributed by atoms with Gasteiger partial charge in [-0.15, -0.1) is 0 Å². The zero-order chi connectivity index (χ0) is 14.7. The van der Waals surface area contributed by atoms with Gasteiger partial charge < -0.3 is 9.84 Å². The van der Waals surface area contributed by atoms with Crippen LogP contribution in [-0.2, 0) is 4.74 Å². The monoisotopic (exact) mass is 266 g/mol. The molecule has 5 nitrogen and oxygen atoms in total. The first-order chi connectivity index (χ1) is 8.74. The van der Waals surface area contributed by atoms with E-state index >= 15 is 0 Å². The highest BCUT2D eigenvalue weighted by molar-refractivity contribution is 5.72. The molecule has 0 aromatic carbocycles. The standard InChI is InChI=1S/C14H22N2O3/c1-11(2)7-5-8-13(3)14(4,18)16(10-6-9-15)12(17)19-13/h7,18H,5-6,8,10H2,1-4H3/t13-,14+/m0/s1. The number of cyclic esters (lactones) is 1. The number of amides is 1. The summed E-state index contributed by atoms with van der Waals surface area (Å²) in [5.41, 5.74) is -1.16. The molecule has 0 spiro atoms. The lowest BCUT2D eigenvalue weighted by atomic mass is 9.88. The summed E-state index contributed by atoms with van der Waals surface area (Å²) in [7, 11) is 0. The Labute approximate surface area is 114 Å². The predicted octanol–water partition coefficient (Wildman–Crippen LogP) is 2.57. The van der Waals surface area contributed by atoms with Crippen LogP contribution in [0.5, 0.6) is 0 Å². The van der Waals surface area contributed by atoms with Crippen molar-refractivity contribution in [1.82, 2.24) is 4.90 Å². The van der Waals surface area contributed by atoms with Crippen molar-refractivity contribution >= 4 is 6.09 Å². The molecule has 1 saturated heterocycles. The van der Waals surface area contributed by atoms with Crippen molar-refractivity contribution in [3.8, 4) is 6.07 Å². The van der Waals surface area contributed by atoms with Crippen LogP contribution in [0, 0.1) is 11.3 Å². The third-order valence-corrected chi connectivity index (χ3v) is 3.68. The van der Waals surface area contributed by atoms with Crippen molar-refractivity contribution in [3.05, 3.63) is 11.6 Å². The molecule has 0 aromatic rings. The fourth-order valence-corrected chi connectivity index (χ4v) is 2.20. The van der Waals surface area contributed by atoms with Gasteiger partial charge in [-0.25, -0.2) is 4.79 Å². The molecule has 0 saturated carbocycles. The zero-order valence-corrected chi connectivity index (χ0v) is 12.1. The van der Waals surface area contributed by atoms with E-state index in [4.69, 9.17) is 10.00 Å². The molecule has 5 heteroatoms. The molecule has 1 aliphatic heterocycles. The van der Waals surface area contributed by atoms with Crippen molar-refractivity contribution in [3.63, 3.8) is 0 Å². The Kier molecular flexibility index (Phi) is 4.59. The summed E-state index contributed by atoms with van der Waals surface area (Å²) in [6.07, 6.45) is 2.94. The Balaban J connectivity index is 2.83. The number of nitriles is 1. The Morgan fingerprint density at radius 1 is 1.53 bits per heavy atom. The van der Waals surface area contributed by atoms with Crippen molar-refractivity contribution in [2.75, 3.05) is 6.54 Å². The summed E-state index contributed by atoms with van der Waals surface area (Å²) in [5.74, 6) is 0. The number of nitrogens with zero attached hydrogens (tertiary/aromatic N) is 2. The van der Waals surface area contributed by atoms with Crippen LogP contribution in [0.1, 0.15) is 47.0 Å². The number of carbonyl (C=O) groups excluding carboxylic acids is 1. The zero-order valence-electron chi connectivity index (χ0n) is 12.1. The van der Waals surface area contributed by atoms with E-state index in [0.717, 1.165) is 6.42 Å². The van der Waals surface area contributed by atoms with Crippen LogP contribution in [0.15, 0.2) is 11.6 Å². The smallest absolute Gasteiger partial charge is 0.412 e. The van der Waals surface area contributed by atoms with Crippen LogP contribution < -0.4 is 0 Å². The van der Waals surface area contributed by atoms with E-state index < -0.39 is 17.4 Å². The average molecular weight is 266 g/mol. The van der Waals surface area contributed by atoms with Crippen molar-refractivity contribution in [2.45, 2.75) is 58.3 Å². The number of ether oxygens (including phenoxy) is 1. The lowest BCUT2D eigenvalue weighted by molar-refractivity contribution is -0.138. The summed E-state index contributed by atoms with van der Waals surface area (Å²) in [5, 5.41) is 19.2. The maximum Gasteiger partial charge on any atom is 0.412 e. The maximum atomic E-state index is 11.8. The van der Waals surface area contributed by atoms with Gasteiger partial charge in [0, 0.05) is 6.54 Å². The molecular weight excluding hydrogens is 244 g/mol. The highest BCUT2D eigenvalue weighted by Gasteiger charge is 2.58. The topological polar surface area (TPSA) is 73.6 Å². The number of hydrogen-bond acceptors (Lipinski definition) is 4. The molecule has 19 heavy (non-hydrogen) atoms. The van der Waals surface area contributed by atoms with Crippen LogP contribution in [0.4, 0.5) is 4.79 Å². The molecule has 1 fully saturated rings. The molecule has 106 valence electrons. The van der Waals surface area contributed by atoms with Gasteiger partial charge in [-0.2, -0.15) is 5.26 Å². The van der Waals surface area contributed by atoms with Crippen LogP contribution >= 0.6 is 0 Å². The van der Waals surface area contributed by atoms with Gasteiger partial charge >= 0.3 is 6.09 Å². The second kappa shape index (κ2) is 5.62. The van der Waals surface area contributed by atoms with Crippen LogP contribution in [0.25, 0.3) is 0 Å². The third kappa shape index (κ3) is 3.07. The Morgan fingerprint density at radius 2 is 2.16 bits per heavy atom. The Morgan fingerprint density at radius 3 is 2.68 bits per heavy atom. The molecule has 0 aliphatic carbocycles. The highest BCUT2D eigenvalue weighted by Crippen LogP contribution is 2.40. The third-order valence-electron chi connectivity index (χ3n) is 3.68. The van der Waals surface area contributed by atoms with Gasteiger partial charge in [0.1, 0.15) is 0 Å². The molecule has 2 atom stereocenters. The largest absolute Gasteiger partial charge is 0.438 e. The number of rotatable bonds is 5. The van der Waals surface area contributed by atoms with Crippen LogP contribution in [-0.4, -0.2) is 34.0 Å². The SMILES string of the molecule is CC(C)=CCC[C@]1(C)OC(=O)N(CCC#N)[C@]1(C)O. The molecule has 0 bridgehead atoms. The van der Waals surface area contributed by atoms with E-state index in [9.17, 15) is 9.90 Å². The minimum absolute atomic E-state index is 0.176. The molecule has 0 radical (unpaired) electrons. The lowest BCUT2D eigenvalue weighted by Crippen LogP contribution is -2.55. The van der Waals surface area contributed by atoms with E-state index in [2.05, 4.69) is 0 Å². The number of aliphatic hydroxyl groups is 1. The van der Waals surface area contributed by atoms with Crippen LogP contribution in [0.2, 0.25) is 0 Å². The van der Waals surface area contributed by atoms with Gasteiger partial charge in [-0.3, -0.25) is 4.90 Å². The fourth-order valence-electron chi connectivity index (χ4n) is 2.20. The van der Waals surface area contributed by atoms with E-state index in [0.29, 0.717) is 6.42 Å². The van der Waals surface area contributed by atoms with E-state index in [1.807, 2.05) is 26.0 Å². The second-order valence-corrected chi connectivity index (χ2v) is 5.50. The molecule has 1 aliphatic rings. The minimum Gasteiger partial charge on any atom is -0.438 e. The molecule has 1 rings (SSSR count). The normalized spacial score (nSPS) is 29.9. The van der Waals surface area contributed by atoms with E-state index in [1.165, 1.54) is 10.5 Å². The summed E-state index contributed by atoms with van der Waals surface area (Å²) >= 11 is 0. The first-order valence-corrected chi connectivity index (χ1v) is 6.48. The fraction of sp³-hybridized carbons (Fsp3) is 0.714. The van der Waals surface area contributed by atoms with Gasteiger partial charge in [0.25, 0.3) is 0 Å². The summed E-state index contributed by atoms with van der Waals surface area (Å²) in [6.45, 7) is 7.48. The molecular formula is C14H22N2O3. The van der Waals surface area contributed by atoms with Gasteiger partial charge in [-0.1, -0.05) is 11.6 Å². The molecule has 1 amide bonds. The number of hydrogen-bond donors (Lipinski definition) is 1. The van der Waals surface area contributed by atoms with Gasteiger partial charge in [0.05, 0.1) is 12.5 Å². The van der Waals surface area contributed by atoms with Gasteiger partial charge in [-0.05, 0) is 40.5 Å². The quantitative estimate of drug-likeness (QED) is 0.776. The molecule has 1 N–H and O–H groups in total. The maximum absolute atomic E-state index is 11.8. The van der Waals surface area contributed by atoms with Gasteiger partial charge in [0.2, 0.25) is 0 Å². The highest BCUT2D eigenvalue weighted by atomic mass is 16.6. The van der Waals surface area contributed by atoms with Crippen molar-refractivity contribution in [2.24, 2.45) is 0 Å². The average Bonchev–Trinajstić information content (AvgIpc) is 2.43. The van der Waals surface area contributed by atoms with Crippen molar-refractivity contribution < 1.29 is 14.6 Å². The number of allylic oxidation sites excluding steroid dienone is 2. The Bertz CT molecular complexity index is 419. The summed E-state index contributed by atoms with van der Waals surface area (Å²) in [6, 6.07) is 1.97. The molecule has 0 aromatic heterocycles. The first kappa shape index (κ1) is 15.5. The minimum atomic E-state index is -1.39. The molecule has 1 heterocycles. The van der Waals surface area contributed by atoms with Gasteiger partial charge in [0.15, 0.2) is 11.3 Å².